The molecule has 172 valence electrons. The minimum absolute atomic E-state index is 0. The summed E-state index contributed by atoms with van der Waals surface area (Å²) in [5.41, 5.74) is -4.31. The minimum atomic E-state index is -4.31. The summed E-state index contributed by atoms with van der Waals surface area (Å²) in [6.07, 6.45) is 0. The minimum Gasteiger partial charge on any atom is -0.508 e. The van der Waals surface area contributed by atoms with Crippen LogP contribution >= 0.6 is 26.1 Å². The molecule has 0 spiro atoms. The van der Waals surface area contributed by atoms with Crippen molar-refractivity contribution < 1.29 is 18.3 Å². The molecule has 1 nitrogen and oxygen atoms in total. The molecule has 8 heteroatoms. The SMILES string of the molecule is CC(C)[CH2][AlH][CH2]C(C)C.C[CH](C)[AlH][CH](C)C.FC(F)(F)S.Oc1ccccc1.S. The third kappa shape index (κ3) is 58.5. The molecule has 0 radical (unpaired) electrons. The van der Waals surface area contributed by atoms with Crippen LogP contribution in [-0.4, -0.2) is 41.1 Å². The molecule has 0 unspecified atom stereocenters. The van der Waals surface area contributed by atoms with Gasteiger partial charge in [-0.3, -0.25) is 0 Å². The highest BCUT2D eigenvalue weighted by molar-refractivity contribution is 7.81. The second kappa shape index (κ2) is 23.2. The van der Waals surface area contributed by atoms with Crippen LogP contribution in [0, 0.1) is 11.8 Å². The van der Waals surface area contributed by atoms with E-state index in [2.05, 4.69) is 68.0 Å². The number of rotatable bonds is 6. The Morgan fingerprint density at radius 1 is 0.828 bits per heavy atom. The van der Waals surface area contributed by atoms with Gasteiger partial charge in [0.1, 0.15) is 5.75 Å². The molecule has 1 N–H and O–H groups in total. The van der Waals surface area contributed by atoms with E-state index < -0.39 is 5.51 Å². The molecular weight excluding hydrogens is 443 g/mol. The number of para-hydroxylation sites is 1. The van der Waals surface area contributed by atoms with Crippen LogP contribution in [0.2, 0.25) is 20.1 Å². The first-order valence-corrected chi connectivity index (χ1v) is 14.3. The summed E-state index contributed by atoms with van der Waals surface area (Å²) in [5.74, 6) is 2.23. The molecule has 0 fully saturated rings. The summed E-state index contributed by atoms with van der Waals surface area (Å²) in [4.78, 5) is 0. The van der Waals surface area contributed by atoms with Crippen LogP contribution in [0.4, 0.5) is 13.2 Å². The standard InChI is InChI=1S/C6H6O.2C4H9.2C3H7.CHF3S.2Al.H2S.2H/c7-6-4-2-1-3-5-6;2*1-4(2)3;2*1-3-2;2-1(3,4)5;;;;;/h1-5,7H;2*4H,1H2,2-3H3;2*3H,1-2H3;5H;;;1H2;;. The molecule has 1 aromatic carbocycles. The largest absolute Gasteiger partial charge is 0.508 e. The Labute approximate surface area is 202 Å². The van der Waals surface area contributed by atoms with Crippen molar-refractivity contribution in [3.05, 3.63) is 30.3 Å². The van der Waals surface area contributed by atoms with Gasteiger partial charge in [0.15, 0.2) is 0 Å². The predicted molar refractivity (Wildman–Crippen MR) is 137 cm³/mol. The molecular formula is C21H43Al2F3OS2. The fourth-order valence-electron chi connectivity index (χ4n) is 2.31. The Morgan fingerprint density at radius 3 is 1.28 bits per heavy atom. The number of phenolic OH excluding ortho intramolecular Hbond substituents is 1. The Hall–Kier alpha value is 0.575. The molecule has 0 aromatic heterocycles. The topological polar surface area (TPSA) is 20.2 Å². The fourth-order valence-corrected chi connectivity index (χ4v) is 6.06. The summed E-state index contributed by atoms with van der Waals surface area (Å²) in [6.45, 7) is 18.6. The summed E-state index contributed by atoms with van der Waals surface area (Å²) in [5, 5.41) is 11.7. The van der Waals surface area contributed by atoms with Crippen molar-refractivity contribution in [1.29, 1.82) is 0 Å². The molecule has 0 saturated heterocycles. The van der Waals surface area contributed by atoms with E-state index in [0.29, 0.717) is 21.0 Å². The zero-order valence-corrected chi connectivity index (χ0v) is 24.3. The molecule has 0 heterocycles. The average Bonchev–Trinajstić information content (AvgIpc) is 2.45. The van der Waals surface area contributed by atoms with Crippen LogP contribution in [0.1, 0.15) is 55.4 Å². The average molecular weight is 487 g/mol. The van der Waals surface area contributed by atoms with E-state index in [1.54, 1.807) is 24.3 Å². The smallest absolute Gasteiger partial charge is 0.438 e. The van der Waals surface area contributed by atoms with E-state index in [1.165, 1.54) is 10.6 Å². The summed E-state index contributed by atoms with van der Waals surface area (Å²) >= 11 is 2.72. The second-order valence-electron chi connectivity index (χ2n) is 8.55. The number of phenols is 1. The highest BCUT2D eigenvalue weighted by Gasteiger charge is 2.17. The van der Waals surface area contributed by atoms with Gasteiger partial charge in [-0.1, -0.05) is 118 Å². The quantitative estimate of drug-likeness (QED) is 0.313. The highest BCUT2D eigenvalue weighted by atomic mass is 32.1. The van der Waals surface area contributed by atoms with Gasteiger partial charge in [-0.05, 0) is 12.1 Å². The Balaban J connectivity index is -0.000000145. The zero-order valence-electron chi connectivity index (χ0n) is 19.6. The maximum atomic E-state index is 10.2. The lowest BCUT2D eigenvalue weighted by molar-refractivity contribution is -0.0303. The van der Waals surface area contributed by atoms with Crippen molar-refractivity contribution in [2.45, 2.75) is 81.0 Å². The number of benzene rings is 1. The summed E-state index contributed by atoms with van der Waals surface area (Å²) in [7, 11) is 0. The van der Waals surface area contributed by atoms with Gasteiger partial charge in [0.25, 0.3) is 0 Å². The molecule has 0 aliphatic rings. The first kappa shape index (κ1) is 36.9. The van der Waals surface area contributed by atoms with Crippen molar-refractivity contribution in [3.63, 3.8) is 0 Å². The van der Waals surface area contributed by atoms with Gasteiger partial charge in [-0.2, -0.15) is 26.7 Å². The van der Waals surface area contributed by atoms with Gasteiger partial charge in [-0.15, -0.1) is 0 Å². The van der Waals surface area contributed by atoms with Gasteiger partial charge >= 0.3 is 5.51 Å². The van der Waals surface area contributed by atoms with Gasteiger partial charge < -0.3 is 5.11 Å². The monoisotopic (exact) mass is 486 g/mol. The van der Waals surface area contributed by atoms with Crippen molar-refractivity contribution in [1.82, 2.24) is 0 Å². The molecule has 1 aromatic rings. The van der Waals surface area contributed by atoms with E-state index >= 15 is 0 Å². The normalized spacial score (nSPS) is 10.1. The maximum absolute atomic E-state index is 10.2. The lowest BCUT2D eigenvalue weighted by Gasteiger charge is -2.03. The zero-order chi connectivity index (χ0) is 22.8. The van der Waals surface area contributed by atoms with Crippen LogP contribution in [0.15, 0.2) is 30.3 Å². The van der Waals surface area contributed by atoms with E-state index in [1.807, 2.05) is 6.07 Å². The van der Waals surface area contributed by atoms with E-state index in [9.17, 15) is 13.2 Å². The van der Waals surface area contributed by atoms with Crippen molar-refractivity contribution in [2.24, 2.45) is 11.8 Å². The lowest BCUT2D eigenvalue weighted by atomic mass is 10.3. The number of hydrogen-bond acceptors (Lipinski definition) is 2. The summed E-state index contributed by atoms with van der Waals surface area (Å²) < 4.78 is 32.7. The molecule has 0 aliphatic carbocycles. The van der Waals surface area contributed by atoms with Gasteiger partial charge in [0, 0.05) is 0 Å². The number of alkyl halides is 3. The molecule has 0 saturated carbocycles. The van der Waals surface area contributed by atoms with Gasteiger partial charge in [0.05, 0.1) is 0 Å². The Morgan fingerprint density at radius 2 is 1.14 bits per heavy atom. The molecule has 0 atom stereocenters. The van der Waals surface area contributed by atoms with Crippen molar-refractivity contribution in [3.8, 4) is 5.75 Å². The van der Waals surface area contributed by atoms with Crippen LogP contribution in [0.3, 0.4) is 0 Å². The second-order valence-corrected chi connectivity index (χ2v) is 14.7. The lowest BCUT2D eigenvalue weighted by Crippen LogP contribution is -1.99. The van der Waals surface area contributed by atoms with Crippen LogP contribution in [0.5, 0.6) is 5.75 Å². The van der Waals surface area contributed by atoms with Crippen molar-refractivity contribution >= 4 is 56.6 Å². The van der Waals surface area contributed by atoms with Crippen LogP contribution < -0.4 is 0 Å². The first-order valence-electron chi connectivity index (χ1n) is 10.2. The highest BCUT2D eigenvalue weighted by Crippen LogP contribution is 2.17. The summed E-state index contributed by atoms with van der Waals surface area (Å²) in [6, 6.07) is 8.71. The molecule has 0 aliphatic heterocycles. The van der Waals surface area contributed by atoms with Crippen LogP contribution in [0.25, 0.3) is 0 Å². The predicted octanol–water partition coefficient (Wildman–Crippen LogP) is 7.59. The van der Waals surface area contributed by atoms with Crippen LogP contribution in [-0.2, 0) is 0 Å². The first-order chi connectivity index (χ1) is 12.6. The third-order valence-electron chi connectivity index (χ3n) is 3.26. The number of aromatic hydroxyl groups is 1. The van der Waals surface area contributed by atoms with Gasteiger partial charge in [0.2, 0.25) is 30.4 Å². The maximum Gasteiger partial charge on any atom is 0.438 e. The molecule has 29 heavy (non-hydrogen) atoms. The Kier molecular flexibility index (Phi) is 29.6. The van der Waals surface area contributed by atoms with E-state index in [4.69, 9.17) is 5.11 Å². The van der Waals surface area contributed by atoms with Crippen molar-refractivity contribution in [2.75, 3.05) is 0 Å². The third-order valence-corrected chi connectivity index (χ3v) is 8.27. The van der Waals surface area contributed by atoms with Gasteiger partial charge in [-0.25, -0.2) is 0 Å². The number of halogens is 3. The number of hydrogen-bond donors (Lipinski definition) is 2. The molecule has 0 amide bonds. The molecule has 0 bridgehead atoms. The Bertz CT molecular complexity index is 410. The number of thiol groups is 1. The molecule has 1 rings (SSSR count). The van der Waals surface area contributed by atoms with E-state index in [0.717, 1.165) is 21.4 Å². The fraction of sp³-hybridized carbons (Fsp3) is 0.714. The van der Waals surface area contributed by atoms with E-state index in [-0.39, 0.29) is 28.7 Å².